The second-order valence-corrected chi connectivity index (χ2v) is 6.13. The van der Waals surface area contributed by atoms with Crippen LogP contribution in [0, 0.1) is 0 Å². The van der Waals surface area contributed by atoms with Crippen LogP contribution in [0.3, 0.4) is 0 Å². The number of carboxylic acids is 1. The van der Waals surface area contributed by atoms with Gasteiger partial charge in [-0.05, 0) is 13.3 Å². The number of carbonyl (C=O) groups excluding carboxylic acids is 4. The molecule has 0 aliphatic heterocycles. The first-order chi connectivity index (χ1) is 11.7. The normalized spacial score (nSPS) is 12.6. The largest absolute Gasteiger partial charge is 0.480 e. The number of nitrogens with two attached hydrogens (primary N) is 1. The standard InChI is InChI=1S/C14H23N3O7S/c1-3-24-12(20)6-16-13(21)10(7-25-8(2)18)17-11(19)5-4-9(15)14(22)23/h9-10H,3-7,15H2,1-2H3,(H,16,21)(H,17,19)(H,22,23)/t9-,10-/m0/s1. The molecule has 2 amide bonds. The number of nitrogens with one attached hydrogen (secondary N) is 2. The summed E-state index contributed by atoms with van der Waals surface area (Å²) in [5, 5.41) is 13.1. The molecule has 0 unspecified atom stereocenters. The van der Waals surface area contributed by atoms with E-state index in [1.807, 2.05) is 0 Å². The van der Waals surface area contributed by atoms with Crippen molar-refractivity contribution in [3.05, 3.63) is 0 Å². The lowest BCUT2D eigenvalue weighted by Gasteiger charge is -2.18. The molecule has 0 rings (SSSR count). The summed E-state index contributed by atoms with van der Waals surface area (Å²) in [5.74, 6) is -3.13. The van der Waals surface area contributed by atoms with Gasteiger partial charge in [0.2, 0.25) is 11.8 Å². The highest BCUT2D eigenvalue weighted by molar-refractivity contribution is 8.13. The number of thioether (sulfide) groups is 1. The summed E-state index contributed by atoms with van der Waals surface area (Å²) in [6, 6.07) is -2.25. The Kier molecular flexibility index (Phi) is 11.2. The Labute approximate surface area is 149 Å². The molecule has 0 aromatic rings. The second-order valence-electron chi connectivity index (χ2n) is 4.93. The third-order valence-corrected chi connectivity index (χ3v) is 3.72. The van der Waals surface area contributed by atoms with Crippen molar-refractivity contribution in [2.45, 2.75) is 38.8 Å². The lowest BCUT2D eigenvalue weighted by atomic mass is 10.1. The maximum absolute atomic E-state index is 12.1. The number of rotatable bonds is 11. The number of ether oxygens (including phenoxy) is 1. The highest BCUT2D eigenvalue weighted by atomic mass is 32.2. The number of amides is 2. The van der Waals surface area contributed by atoms with Crippen LogP contribution >= 0.6 is 11.8 Å². The van der Waals surface area contributed by atoms with Crippen LogP contribution in [0.1, 0.15) is 26.7 Å². The van der Waals surface area contributed by atoms with E-state index in [0.717, 1.165) is 11.8 Å². The van der Waals surface area contributed by atoms with Crippen molar-refractivity contribution >= 4 is 40.6 Å². The van der Waals surface area contributed by atoms with Crippen LogP contribution in [-0.2, 0) is 28.7 Å². The Hall–Kier alpha value is -2.14. The Balaban J connectivity index is 4.61. The van der Waals surface area contributed by atoms with E-state index in [-0.39, 0.29) is 36.9 Å². The first-order valence-corrected chi connectivity index (χ1v) is 8.50. The topological polar surface area (TPSA) is 165 Å². The van der Waals surface area contributed by atoms with Gasteiger partial charge in [-0.2, -0.15) is 0 Å². The fourth-order valence-corrected chi connectivity index (χ4v) is 2.19. The van der Waals surface area contributed by atoms with Gasteiger partial charge in [0, 0.05) is 19.1 Å². The predicted molar refractivity (Wildman–Crippen MR) is 89.6 cm³/mol. The third kappa shape index (κ3) is 11.1. The molecule has 25 heavy (non-hydrogen) atoms. The summed E-state index contributed by atoms with van der Waals surface area (Å²) in [6.45, 7) is 2.73. The SMILES string of the molecule is CCOC(=O)CNC(=O)[C@H](CSC(C)=O)NC(=O)CC[C@H](N)C(=O)O. The van der Waals surface area contributed by atoms with Crippen molar-refractivity contribution in [1.29, 1.82) is 0 Å². The number of hydrogen-bond donors (Lipinski definition) is 4. The van der Waals surface area contributed by atoms with Crippen molar-refractivity contribution in [1.82, 2.24) is 10.6 Å². The van der Waals surface area contributed by atoms with Crippen molar-refractivity contribution < 1.29 is 33.8 Å². The zero-order valence-electron chi connectivity index (χ0n) is 14.1. The minimum Gasteiger partial charge on any atom is -0.480 e. The number of hydrogen-bond acceptors (Lipinski definition) is 8. The van der Waals surface area contributed by atoms with E-state index < -0.39 is 35.8 Å². The van der Waals surface area contributed by atoms with Gasteiger partial charge < -0.3 is 26.2 Å². The lowest BCUT2D eigenvalue weighted by molar-refractivity contribution is -0.143. The van der Waals surface area contributed by atoms with Crippen LogP contribution in [0.2, 0.25) is 0 Å². The van der Waals surface area contributed by atoms with Crippen molar-refractivity contribution in [3.8, 4) is 0 Å². The molecule has 0 aromatic carbocycles. The molecular formula is C14H23N3O7S. The van der Waals surface area contributed by atoms with Crippen LogP contribution < -0.4 is 16.4 Å². The summed E-state index contributed by atoms with van der Waals surface area (Å²) in [5.41, 5.74) is 5.30. The molecule has 0 spiro atoms. The van der Waals surface area contributed by atoms with Crippen LogP contribution in [0.5, 0.6) is 0 Å². The zero-order valence-corrected chi connectivity index (χ0v) is 14.9. The highest BCUT2D eigenvalue weighted by Gasteiger charge is 2.23. The maximum Gasteiger partial charge on any atom is 0.325 e. The van der Waals surface area contributed by atoms with Crippen molar-refractivity contribution in [2.24, 2.45) is 5.73 Å². The zero-order chi connectivity index (χ0) is 19.4. The van der Waals surface area contributed by atoms with Crippen LogP contribution in [-0.4, -0.2) is 65.0 Å². The van der Waals surface area contributed by atoms with Gasteiger partial charge in [0.15, 0.2) is 5.12 Å². The first-order valence-electron chi connectivity index (χ1n) is 7.51. The Morgan fingerprint density at radius 2 is 1.88 bits per heavy atom. The molecule has 0 saturated heterocycles. The molecule has 11 heteroatoms. The molecular weight excluding hydrogens is 354 g/mol. The second kappa shape index (κ2) is 12.3. The Morgan fingerprint density at radius 3 is 2.40 bits per heavy atom. The smallest absolute Gasteiger partial charge is 0.325 e. The Morgan fingerprint density at radius 1 is 1.24 bits per heavy atom. The summed E-state index contributed by atoms with van der Waals surface area (Å²) in [6.07, 6.45) is -0.294. The molecule has 5 N–H and O–H groups in total. The third-order valence-electron chi connectivity index (χ3n) is 2.82. The highest BCUT2D eigenvalue weighted by Crippen LogP contribution is 2.05. The summed E-state index contributed by atoms with van der Waals surface area (Å²) >= 11 is 0.834. The predicted octanol–water partition coefficient (Wildman–Crippen LogP) is -1.38. The van der Waals surface area contributed by atoms with Gasteiger partial charge in [0.1, 0.15) is 18.6 Å². The molecule has 0 fully saturated rings. The fraction of sp³-hybridized carbons (Fsp3) is 0.643. The molecule has 0 saturated carbocycles. The van der Waals surface area contributed by atoms with Gasteiger partial charge in [-0.3, -0.25) is 24.0 Å². The Bertz CT molecular complexity index is 513. The van der Waals surface area contributed by atoms with Gasteiger partial charge in [0.05, 0.1) is 6.61 Å². The van der Waals surface area contributed by atoms with E-state index in [1.165, 1.54) is 6.92 Å². The van der Waals surface area contributed by atoms with E-state index in [9.17, 15) is 24.0 Å². The summed E-state index contributed by atoms with van der Waals surface area (Å²) < 4.78 is 4.67. The maximum atomic E-state index is 12.1. The number of carbonyl (C=O) groups is 5. The van der Waals surface area contributed by atoms with E-state index in [1.54, 1.807) is 6.92 Å². The van der Waals surface area contributed by atoms with E-state index >= 15 is 0 Å². The van der Waals surface area contributed by atoms with Gasteiger partial charge in [-0.15, -0.1) is 0 Å². The van der Waals surface area contributed by atoms with Crippen LogP contribution in [0.4, 0.5) is 0 Å². The molecule has 0 aliphatic carbocycles. The van der Waals surface area contributed by atoms with Gasteiger partial charge in [-0.25, -0.2) is 0 Å². The molecule has 10 nitrogen and oxygen atoms in total. The average molecular weight is 377 g/mol. The summed E-state index contributed by atoms with van der Waals surface area (Å²) in [7, 11) is 0. The molecule has 0 bridgehead atoms. The summed E-state index contributed by atoms with van der Waals surface area (Å²) in [4.78, 5) is 56.8. The molecule has 0 aliphatic rings. The van der Waals surface area contributed by atoms with Gasteiger partial charge in [-0.1, -0.05) is 11.8 Å². The number of carboxylic acid groups (broad SMARTS) is 1. The molecule has 0 heterocycles. The van der Waals surface area contributed by atoms with Crippen molar-refractivity contribution in [3.63, 3.8) is 0 Å². The first kappa shape index (κ1) is 22.9. The van der Waals surface area contributed by atoms with Crippen LogP contribution in [0.25, 0.3) is 0 Å². The minimum atomic E-state index is -1.23. The monoisotopic (exact) mass is 377 g/mol. The number of aliphatic carboxylic acids is 1. The quantitative estimate of drug-likeness (QED) is 0.318. The van der Waals surface area contributed by atoms with E-state index in [0.29, 0.717) is 0 Å². The van der Waals surface area contributed by atoms with Gasteiger partial charge in [0.25, 0.3) is 0 Å². The number of esters is 1. The van der Waals surface area contributed by atoms with E-state index in [2.05, 4.69) is 15.4 Å². The molecule has 142 valence electrons. The average Bonchev–Trinajstić information content (AvgIpc) is 2.54. The lowest BCUT2D eigenvalue weighted by Crippen LogP contribution is -2.49. The molecule has 2 atom stereocenters. The van der Waals surface area contributed by atoms with Gasteiger partial charge >= 0.3 is 11.9 Å². The minimum absolute atomic E-state index is 0.0271. The van der Waals surface area contributed by atoms with Crippen molar-refractivity contribution in [2.75, 3.05) is 18.9 Å². The fourth-order valence-electron chi connectivity index (χ4n) is 1.55. The van der Waals surface area contributed by atoms with Crippen LogP contribution in [0.15, 0.2) is 0 Å². The van der Waals surface area contributed by atoms with E-state index in [4.69, 9.17) is 10.8 Å². The molecule has 0 aromatic heterocycles. The molecule has 0 radical (unpaired) electrons.